The van der Waals surface area contributed by atoms with Crippen molar-refractivity contribution in [3.05, 3.63) is 0 Å². The Hall–Kier alpha value is -0.0800. The molecule has 16 heavy (non-hydrogen) atoms. The first-order valence-corrected chi connectivity index (χ1v) is 7.18. The number of ether oxygens (including phenoxy) is 1. The van der Waals surface area contributed by atoms with E-state index in [0.717, 1.165) is 25.2 Å². The van der Waals surface area contributed by atoms with Gasteiger partial charge in [0.2, 0.25) is 0 Å². The fourth-order valence-electron chi connectivity index (χ4n) is 2.12. The zero-order valence-electron chi connectivity index (χ0n) is 11.1. The van der Waals surface area contributed by atoms with E-state index in [0.29, 0.717) is 0 Å². The molecule has 1 saturated carbocycles. The summed E-state index contributed by atoms with van der Waals surface area (Å²) < 4.78 is 5.40. The Bertz CT molecular complexity index is 157. The summed E-state index contributed by atoms with van der Waals surface area (Å²) in [5.41, 5.74) is 0. The minimum atomic E-state index is 0.737. The number of rotatable bonds is 11. The Morgan fingerprint density at radius 2 is 2.06 bits per heavy atom. The van der Waals surface area contributed by atoms with Crippen LogP contribution in [-0.4, -0.2) is 25.8 Å². The van der Waals surface area contributed by atoms with Gasteiger partial charge >= 0.3 is 0 Å². The first kappa shape index (κ1) is 14.0. The normalized spacial score (nSPS) is 17.6. The zero-order valence-corrected chi connectivity index (χ0v) is 11.1. The summed E-state index contributed by atoms with van der Waals surface area (Å²) in [7, 11) is 0. The van der Waals surface area contributed by atoms with Gasteiger partial charge in [-0.15, -0.1) is 0 Å². The molecule has 1 aliphatic rings. The van der Waals surface area contributed by atoms with E-state index in [-0.39, 0.29) is 0 Å². The molecule has 1 unspecified atom stereocenters. The second kappa shape index (κ2) is 9.00. The van der Waals surface area contributed by atoms with Gasteiger partial charge < -0.3 is 10.1 Å². The molecule has 2 heteroatoms. The Balaban J connectivity index is 2.03. The van der Waals surface area contributed by atoms with E-state index in [1.807, 2.05) is 0 Å². The molecule has 0 saturated heterocycles. The van der Waals surface area contributed by atoms with Gasteiger partial charge in [-0.3, -0.25) is 0 Å². The van der Waals surface area contributed by atoms with Gasteiger partial charge in [-0.25, -0.2) is 0 Å². The third-order valence-corrected chi connectivity index (χ3v) is 3.35. The fraction of sp³-hybridized carbons (Fsp3) is 1.00. The van der Waals surface area contributed by atoms with Gasteiger partial charge in [-0.1, -0.05) is 19.8 Å². The van der Waals surface area contributed by atoms with Crippen LogP contribution in [0.25, 0.3) is 0 Å². The molecule has 1 rings (SSSR count). The minimum Gasteiger partial charge on any atom is -0.382 e. The molecule has 0 spiro atoms. The molecular formula is C14H29NO. The maximum Gasteiger partial charge on any atom is 0.0466 e. The molecule has 0 radical (unpaired) electrons. The highest BCUT2D eigenvalue weighted by molar-refractivity contribution is 4.76. The maximum absolute atomic E-state index is 5.40. The third-order valence-electron chi connectivity index (χ3n) is 3.35. The van der Waals surface area contributed by atoms with E-state index in [2.05, 4.69) is 19.2 Å². The molecule has 2 nitrogen and oxygen atoms in total. The summed E-state index contributed by atoms with van der Waals surface area (Å²) in [6, 6.07) is 0.737. The second-order valence-electron chi connectivity index (χ2n) is 5.01. The van der Waals surface area contributed by atoms with Crippen molar-refractivity contribution >= 4 is 0 Å². The number of hydrogen-bond donors (Lipinski definition) is 1. The number of nitrogens with one attached hydrogen (secondary N) is 1. The zero-order chi connectivity index (χ0) is 11.6. The van der Waals surface area contributed by atoms with Crippen LogP contribution in [0.4, 0.5) is 0 Å². The summed E-state index contributed by atoms with van der Waals surface area (Å²) in [6.45, 7) is 7.27. The van der Waals surface area contributed by atoms with Crippen LogP contribution in [0.3, 0.4) is 0 Å². The highest BCUT2D eigenvalue weighted by Crippen LogP contribution is 2.34. The van der Waals surface area contributed by atoms with Crippen molar-refractivity contribution < 1.29 is 4.74 Å². The lowest BCUT2D eigenvalue weighted by Crippen LogP contribution is -2.30. The maximum atomic E-state index is 5.40. The van der Waals surface area contributed by atoms with Crippen LogP contribution in [0.1, 0.15) is 58.8 Å². The highest BCUT2D eigenvalue weighted by atomic mass is 16.5. The monoisotopic (exact) mass is 227 g/mol. The molecule has 1 atom stereocenters. The van der Waals surface area contributed by atoms with E-state index in [1.54, 1.807) is 0 Å². The van der Waals surface area contributed by atoms with Crippen molar-refractivity contribution in [2.45, 2.75) is 64.8 Å². The first-order chi connectivity index (χ1) is 7.86. The first-order valence-electron chi connectivity index (χ1n) is 7.18. The Morgan fingerprint density at radius 3 is 2.69 bits per heavy atom. The summed E-state index contributed by atoms with van der Waals surface area (Å²) in [5.74, 6) is 1.07. The summed E-state index contributed by atoms with van der Waals surface area (Å²) in [6.07, 6.45) is 9.52. The predicted octanol–water partition coefficient (Wildman–Crippen LogP) is 3.36. The molecule has 0 aromatic heterocycles. The van der Waals surface area contributed by atoms with Crippen molar-refractivity contribution in [3.63, 3.8) is 0 Å². The number of hydrogen-bond acceptors (Lipinski definition) is 2. The molecule has 1 aliphatic carbocycles. The fourth-order valence-corrected chi connectivity index (χ4v) is 2.12. The molecule has 96 valence electrons. The summed E-state index contributed by atoms with van der Waals surface area (Å²) in [5, 5.41) is 3.67. The molecule has 0 aromatic carbocycles. The van der Waals surface area contributed by atoms with E-state index in [4.69, 9.17) is 4.74 Å². The van der Waals surface area contributed by atoms with Gasteiger partial charge in [0.05, 0.1) is 0 Å². The molecule has 0 heterocycles. The van der Waals surface area contributed by atoms with E-state index in [1.165, 1.54) is 51.5 Å². The van der Waals surface area contributed by atoms with Gasteiger partial charge in [0.15, 0.2) is 0 Å². The van der Waals surface area contributed by atoms with Crippen LogP contribution in [0.2, 0.25) is 0 Å². The third kappa shape index (κ3) is 7.24. The predicted molar refractivity (Wildman–Crippen MR) is 69.8 cm³/mol. The molecule has 0 bridgehead atoms. The van der Waals surface area contributed by atoms with E-state index < -0.39 is 0 Å². The van der Waals surface area contributed by atoms with Crippen molar-refractivity contribution in [1.29, 1.82) is 0 Å². The molecule has 1 fully saturated rings. The van der Waals surface area contributed by atoms with Gasteiger partial charge in [-0.05, 0) is 51.5 Å². The minimum absolute atomic E-state index is 0.737. The second-order valence-corrected chi connectivity index (χ2v) is 5.01. The van der Waals surface area contributed by atoms with Crippen LogP contribution in [0.15, 0.2) is 0 Å². The van der Waals surface area contributed by atoms with Crippen molar-refractivity contribution in [2.24, 2.45) is 5.92 Å². The van der Waals surface area contributed by atoms with Gasteiger partial charge in [0.1, 0.15) is 0 Å². The summed E-state index contributed by atoms with van der Waals surface area (Å²) >= 11 is 0. The molecular weight excluding hydrogens is 198 g/mol. The SMILES string of the molecule is CCCNC(CCCOCC)CCC1CC1. The van der Waals surface area contributed by atoms with Crippen molar-refractivity contribution in [3.8, 4) is 0 Å². The molecule has 0 aromatic rings. The lowest BCUT2D eigenvalue weighted by molar-refractivity contribution is 0.140. The average Bonchev–Trinajstić information content (AvgIpc) is 3.11. The van der Waals surface area contributed by atoms with Gasteiger partial charge in [0.25, 0.3) is 0 Å². The van der Waals surface area contributed by atoms with Gasteiger partial charge in [-0.2, -0.15) is 0 Å². The van der Waals surface area contributed by atoms with E-state index in [9.17, 15) is 0 Å². The Labute approximate surface area is 101 Å². The molecule has 1 N–H and O–H groups in total. The molecule has 0 amide bonds. The Morgan fingerprint density at radius 1 is 1.25 bits per heavy atom. The van der Waals surface area contributed by atoms with Crippen LogP contribution >= 0.6 is 0 Å². The largest absolute Gasteiger partial charge is 0.382 e. The lowest BCUT2D eigenvalue weighted by Gasteiger charge is -2.18. The topological polar surface area (TPSA) is 21.3 Å². The van der Waals surface area contributed by atoms with Crippen LogP contribution < -0.4 is 5.32 Å². The lowest BCUT2D eigenvalue weighted by atomic mass is 10.0. The van der Waals surface area contributed by atoms with Crippen molar-refractivity contribution in [1.82, 2.24) is 5.32 Å². The Kier molecular flexibility index (Phi) is 7.87. The smallest absolute Gasteiger partial charge is 0.0466 e. The van der Waals surface area contributed by atoms with E-state index >= 15 is 0 Å². The summed E-state index contributed by atoms with van der Waals surface area (Å²) in [4.78, 5) is 0. The standard InChI is InChI=1S/C14H29NO/c1-3-11-15-14(6-5-12-16-4-2)10-9-13-7-8-13/h13-15H,3-12H2,1-2H3. The highest BCUT2D eigenvalue weighted by Gasteiger charge is 2.22. The van der Waals surface area contributed by atoms with Gasteiger partial charge in [0, 0.05) is 19.3 Å². The van der Waals surface area contributed by atoms with Crippen molar-refractivity contribution in [2.75, 3.05) is 19.8 Å². The van der Waals surface area contributed by atoms with Crippen LogP contribution in [0.5, 0.6) is 0 Å². The average molecular weight is 227 g/mol. The van der Waals surface area contributed by atoms with Crippen LogP contribution in [-0.2, 0) is 4.74 Å². The quantitative estimate of drug-likeness (QED) is 0.546. The molecule has 0 aliphatic heterocycles. The van der Waals surface area contributed by atoms with Crippen LogP contribution in [0, 0.1) is 5.92 Å².